The molecule has 0 unspecified atom stereocenters. The summed E-state index contributed by atoms with van der Waals surface area (Å²) in [7, 11) is 0. The average Bonchev–Trinajstić information content (AvgIpc) is 2.82. The standard InChI is InChI=1S/C7H7N.C5H5N/c1-3-7-4-2-6-8(7)5-1;1-2-4-6-5-3-1/h1-3,5-6H,4H2;1-5H. The van der Waals surface area contributed by atoms with Crippen molar-refractivity contribution in [2.75, 3.05) is 0 Å². The minimum atomic E-state index is 1.10. The summed E-state index contributed by atoms with van der Waals surface area (Å²) in [4.78, 5) is 3.78. The minimum Gasteiger partial charge on any atom is -0.328 e. The quantitative estimate of drug-likeness (QED) is 0.615. The van der Waals surface area contributed by atoms with Crippen LogP contribution in [-0.2, 0) is 6.42 Å². The Kier molecular flexibility index (Phi) is 2.76. The first-order valence-electron chi connectivity index (χ1n) is 4.64. The predicted molar refractivity (Wildman–Crippen MR) is 57.7 cm³/mol. The van der Waals surface area contributed by atoms with Crippen LogP contribution in [0.1, 0.15) is 5.69 Å². The Morgan fingerprint density at radius 1 is 1.07 bits per heavy atom. The Morgan fingerprint density at radius 3 is 2.50 bits per heavy atom. The van der Waals surface area contributed by atoms with Crippen molar-refractivity contribution in [3.05, 3.63) is 60.7 Å². The van der Waals surface area contributed by atoms with Crippen LogP contribution in [0, 0.1) is 0 Å². The van der Waals surface area contributed by atoms with E-state index < -0.39 is 0 Å². The van der Waals surface area contributed by atoms with Crippen molar-refractivity contribution >= 4 is 6.20 Å². The molecule has 2 aromatic rings. The van der Waals surface area contributed by atoms with E-state index >= 15 is 0 Å². The summed E-state index contributed by atoms with van der Waals surface area (Å²) in [5, 5.41) is 0. The summed E-state index contributed by atoms with van der Waals surface area (Å²) in [6, 6.07) is 9.92. The van der Waals surface area contributed by atoms with Crippen molar-refractivity contribution in [2.24, 2.45) is 0 Å². The van der Waals surface area contributed by atoms with Crippen LogP contribution >= 0.6 is 0 Å². The lowest BCUT2D eigenvalue weighted by Crippen LogP contribution is -1.81. The highest BCUT2D eigenvalue weighted by Crippen LogP contribution is 2.10. The van der Waals surface area contributed by atoms with Gasteiger partial charge in [0.2, 0.25) is 0 Å². The molecule has 0 radical (unpaired) electrons. The third kappa shape index (κ3) is 2.10. The predicted octanol–water partition coefficient (Wildman–Crippen LogP) is 2.60. The number of aromatic nitrogens is 2. The number of pyridine rings is 1. The van der Waals surface area contributed by atoms with Gasteiger partial charge in [0.25, 0.3) is 0 Å². The van der Waals surface area contributed by atoms with Crippen molar-refractivity contribution in [2.45, 2.75) is 6.42 Å². The third-order valence-electron chi connectivity index (χ3n) is 2.03. The molecule has 0 spiro atoms. The first kappa shape index (κ1) is 8.75. The maximum atomic E-state index is 3.78. The van der Waals surface area contributed by atoms with Crippen LogP contribution in [0.2, 0.25) is 0 Å². The lowest BCUT2D eigenvalue weighted by molar-refractivity contribution is 1.09. The lowest BCUT2D eigenvalue weighted by atomic mass is 10.3. The molecule has 2 nitrogen and oxygen atoms in total. The first-order valence-corrected chi connectivity index (χ1v) is 4.64. The molecule has 0 N–H and O–H groups in total. The van der Waals surface area contributed by atoms with E-state index in [1.807, 2.05) is 18.2 Å². The fourth-order valence-corrected chi connectivity index (χ4v) is 1.35. The van der Waals surface area contributed by atoms with E-state index in [1.165, 1.54) is 5.69 Å². The summed E-state index contributed by atoms with van der Waals surface area (Å²) in [6.45, 7) is 0. The number of allylic oxidation sites excluding steroid dienone is 1. The molecule has 2 aromatic heterocycles. The molecule has 14 heavy (non-hydrogen) atoms. The molecule has 0 fully saturated rings. The number of rotatable bonds is 0. The zero-order valence-corrected chi connectivity index (χ0v) is 7.88. The largest absolute Gasteiger partial charge is 0.328 e. The fraction of sp³-hybridized carbons (Fsp3) is 0.0833. The van der Waals surface area contributed by atoms with Crippen LogP contribution in [0.5, 0.6) is 0 Å². The SMILES string of the molecule is C1=Cn2cccc2C1.c1ccncc1. The van der Waals surface area contributed by atoms with Gasteiger partial charge in [-0.3, -0.25) is 4.98 Å². The Labute approximate surface area is 83.5 Å². The van der Waals surface area contributed by atoms with E-state index in [2.05, 4.69) is 40.2 Å². The molecule has 0 saturated carbocycles. The molecule has 3 rings (SSSR count). The van der Waals surface area contributed by atoms with Crippen molar-refractivity contribution in [1.29, 1.82) is 0 Å². The van der Waals surface area contributed by atoms with Gasteiger partial charge in [0.05, 0.1) is 0 Å². The Morgan fingerprint density at radius 2 is 1.93 bits per heavy atom. The maximum absolute atomic E-state index is 3.78. The molecule has 0 atom stereocenters. The van der Waals surface area contributed by atoms with Gasteiger partial charge in [0, 0.05) is 36.9 Å². The molecule has 3 heterocycles. The van der Waals surface area contributed by atoms with Gasteiger partial charge in [-0.05, 0) is 24.3 Å². The van der Waals surface area contributed by atoms with Crippen molar-refractivity contribution in [3.8, 4) is 0 Å². The van der Waals surface area contributed by atoms with Crippen LogP contribution in [0.15, 0.2) is 55.0 Å². The number of hydrogen-bond acceptors (Lipinski definition) is 1. The van der Waals surface area contributed by atoms with Crippen molar-refractivity contribution in [3.63, 3.8) is 0 Å². The van der Waals surface area contributed by atoms with Gasteiger partial charge in [-0.25, -0.2) is 0 Å². The zero-order chi connectivity index (χ0) is 9.64. The molecule has 70 valence electrons. The fourth-order valence-electron chi connectivity index (χ4n) is 1.35. The van der Waals surface area contributed by atoms with E-state index in [0.717, 1.165) is 6.42 Å². The van der Waals surface area contributed by atoms with E-state index in [4.69, 9.17) is 0 Å². The second-order valence-electron chi connectivity index (χ2n) is 3.02. The lowest BCUT2D eigenvalue weighted by Gasteiger charge is -1.88. The second-order valence-corrected chi connectivity index (χ2v) is 3.02. The van der Waals surface area contributed by atoms with Crippen molar-refractivity contribution in [1.82, 2.24) is 9.55 Å². The molecule has 0 aromatic carbocycles. The Hall–Kier alpha value is -1.83. The van der Waals surface area contributed by atoms with Gasteiger partial charge in [0.15, 0.2) is 0 Å². The van der Waals surface area contributed by atoms with Crippen LogP contribution in [0.4, 0.5) is 0 Å². The van der Waals surface area contributed by atoms with Gasteiger partial charge in [-0.2, -0.15) is 0 Å². The van der Waals surface area contributed by atoms with Gasteiger partial charge in [0.1, 0.15) is 0 Å². The van der Waals surface area contributed by atoms with E-state index in [1.54, 1.807) is 12.4 Å². The highest BCUT2D eigenvalue weighted by atomic mass is 15.0. The van der Waals surface area contributed by atoms with Gasteiger partial charge in [-0.1, -0.05) is 12.1 Å². The van der Waals surface area contributed by atoms with Crippen LogP contribution in [0.25, 0.3) is 6.20 Å². The highest BCUT2D eigenvalue weighted by molar-refractivity contribution is 5.36. The van der Waals surface area contributed by atoms with E-state index in [0.29, 0.717) is 0 Å². The first-order chi connectivity index (χ1) is 6.97. The molecule has 0 aliphatic carbocycles. The molecule has 1 aliphatic heterocycles. The monoisotopic (exact) mass is 184 g/mol. The minimum absolute atomic E-state index is 1.10. The molecule has 0 saturated heterocycles. The summed E-state index contributed by atoms with van der Waals surface area (Å²) in [5.41, 5.74) is 1.39. The topological polar surface area (TPSA) is 17.8 Å². The molecular formula is C12H12N2. The second kappa shape index (κ2) is 4.42. The molecule has 0 amide bonds. The summed E-state index contributed by atoms with van der Waals surface area (Å²) in [6.07, 6.45) is 10.9. The van der Waals surface area contributed by atoms with E-state index in [9.17, 15) is 0 Å². The Bertz CT molecular complexity index is 375. The average molecular weight is 184 g/mol. The third-order valence-corrected chi connectivity index (χ3v) is 2.03. The van der Waals surface area contributed by atoms with Crippen molar-refractivity contribution < 1.29 is 0 Å². The summed E-state index contributed by atoms with van der Waals surface area (Å²) < 4.78 is 2.14. The van der Waals surface area contributed by atoms with Gasteiger partial charge < -0.3 is 4.57 Å². The van der Waals surface area contributed by atoms with E-state index in [-0.39, 0.29) is 0 Å². The summed E-state index contributed by atoms with van der Waals surface area (Å²) in [5.74, 6) is 0. The smallest absolute Gasteiger partial charge is 0.0267 e. The summed E-state index contributed by atoms with van der Waals surface area (Å²) >= 11 is 0. The maximum Gasteiger partial charge on any atom is 0.0267 e. The number of hydrogen-bond donors (Lipinski definition) is 0. The van der Waals surface area contributed by atoms with Gasteiger partial charge in [-0.15, -0.1) is 0 Å². The molecule has 0 bridgehead atoms. The highest BCUT2D eigenvalue weighted by Gasteiger charge is 1.99. The number of fused-ring (bicyclic) bond motifs is 1. The Balaban J connectivity index is 0.000000112. The van der Waals surface area contributed by atoms with Crippen LogP contribution in [-0.4, -0.2) is 9.55 Å². The van der Waals surface area contributed by atoms with Gasteiger partial charge >= 0.3 is 0 Å². The molecule has 1 aliphatic rings. The molecular weight excluding hydrogens is 172 g/mol. The molecule has 2 heteroatoms. The van der Waals surface area contributed by atoms with Crippen LogP contribution in [0.3, 0.4) is 0 Å². The normalized spacial score (nSPS) is 11.7. The zero-order valence-electron chi connectivity index (χ0n) is 7.88. The number of nitrogens with zero attached hydrogens (tertiary/aromatic N) is 2. The van der Waals surface area contributed by atoms with Crippen LogP contribution < -0.4 is 0 Å².